The minimum absolute atomic E-state index is 0.238. The number of hydrogen-bond donors (Lipinski definition) is 2. The molecule has 21 heavy (non-hydrogen) atoms. The highest BCUT2D eigenvalue weighted by molar-refractivity contribution is 7.91. The highest BCUT2D eigenvalue weighted by atomic mass is 32.2. The fourth-order valence-corrected chi connectivity index (χ4v) is 4.85. The lowest BCUT2D eigenvalue weighted by Gasteiger charge is -2.02. The van der Waals surface area contributed by atoms with Gasteiger partial charge >= 0.3 is 0 Å². The Balaban J connectivity index is 1.55. The highest BCUT2D eigenvalue weighted by Crippen LogP contribution is 2.23. The zero-order valence-corrected chi connectivity index (χ0v) is 13.9. The fraction of sp³-hybridized carbons (Fsp3) is 0.462. The first kappa shape index (κ1) is 15.1. The van der Waals surface area contributed by atoms with E-state index in [1.807, 2.05) is 11.4 Å². The largest absolute Gasteiger partial charge is 0.314 e. The van der Waals surface area contributed by atoms with E-state index in [-0.39, 0.29) is 6.54 Å². The third kappa shape index (κ3) is 4.33. The van der Waals surface area contributed by atoms with Gasteiger partial charge in [-0.2, -0.15) is 0 Å². The first-order valence-corrected chi connectivity index (χ1v) is 10.1. The van der Waals surface area contributed by atoms with Crippen molar-refractivity contribution < 1.29 is 8.42 Å². The summed E-state index contributed by atoms with van der Waals surface area (Å²) in [6.07, 6.45) is 3.41. The predicted octanol–water partition coefficient (Wildman–Crippen LogP) is 1.98. The topological polar surface area (TPSA) is 71.1 Å². The van der Waals surface area contributed by atoms with E-state index in [2.05, 4.69) is 15.0 Å². The number of thiophene rings is 1. The smallest absolute Gasteiger partial charge is 0.250 e. The maximum atomic E-state index is 12.2. The molecule has 0 aromatic carbocycles. The fourth-order valence-electron chi connectivity index (χ4n) is 1.89. The molecule has 0 bridgehead atoms. The number of thiazole rings is 1. The zero-order valence-electron chi connectivity index (χ0n) is 11.4. The van der Waals surface area contributed by atoms with Crippen LogP contribution in [0, 0.1) is 0 Å². The van der Waals surface area contributed by atoms with E-state index in [0.29, 0.717) is 10.3 Å². The quantitative estimate of drug-likeness (QED) is 0.769. The highest BCUT2D eigenvalue weighted by Gasteiger charge is 2.20. The minimum Gasteiger partial charge on any atom is -0.314 e. The van der Waals surface area contributed by atoms with Crippen LogP contribution in [0.3, 0.4) is 0 Å². The molecule has 2 aromatic heterocycles. The Morgan fingerprint density at radius 3 is 2.90 bits per heavy atom. The molecule has 0 radical (unpaired) electrons. The van der Waals surface area contributed by atoms with Crippen molar-refractivity contribution in [2.24, 2.45) is 0 Å². The van der Waals surface area contributed by atoms with Gasteiger partial charge in [-0.05, 0) is 31.4 Å². The molecular weight excluding hydrogens is 326 g/mol. The summed E-state index contributed by atoms with van der Waals surface area (Å²) in [5, 5.41) is 5.27. The van der Waals surface area contributed by atoms with Crippen LogP contribution in [0.5, 0.6) is 0 Å². The molecule has 0 atom stereocenters. The van der Waals surface area contributed by atoms with E-state index in [0.717, 1.165) is 23.5 Å². The number of nitrogens with zero attached hydrogens (tertiary/aromatic N) is 1. The summed E-state index contributed by atoms with van der Waals surface area (Å²) in [5.74, 6) is 0. The van der Waals surface area contributed by atoms with Gasteiger partial charge < -0.3 is 5.32 Å². The van der Waals surface area contributed by atoms with Gasteiger partial charge in [-0.3, -0.25) is 0 Å². The van der Waals surface area contributed by atoms with E-state index in [1.165, 1.54) is 35.5 Å². The summed E-state index contributed by atoms with van der Waals surface area (Å²) in [6.45, 7) is 1.15. The van der Waals surface area contributed by atoms with Gasteiger partial charge in [-0.15, -0.1) is 22.7 Å². The van der Waals surface area contributed by atoms with Crippen molar-refractivity contribution in [1.82, 2.24) is 15.0 Å². The van der Waals surface area contributed by atoms with Crippen molar-refractivity contribution in [3.63, 3.8) is 0 Å². The first-order valence-electron chi connectivity index (χ1n) is 6.82. The SMILES string of the molecule is O=S(=O)(NCc1cscn1)c1ccc(CCNC2CC2)s1. The van der Waals surface area contributed by atoms with Crippen molar-refractivity contribution >= 4 is 32.7 Å². The lowest BCUT2D eigenvalue weighted by atomic mass is 10.3. The number of hydrogen-bond acceptors (Lipinski definition) is 6. The van der Waals surface area contributed by atoms with E-state index < -0.39 is 10.0 Å². The maximum Gasteiger partial charge on any atom is 0.250 e. The molecule has 0 aliphatic heterocycles. The van der Waals surface area contributed by atoms with E-state index in [1.54, 1.807) is 11.6 Å². The number of nitrogens with one attached hydrogen (secondary N) is 2. The molecule has 0 saturated heterocycles. The molecule has 2 aromatic rings. The van der Waals surface area contributed by atoms with Crippen molar-refractivity contribution in [3.05, 3.63) is 33.6 Å². The van der Waals surface area contributed by atoms with Gasteiger partial charge in [0.1, 0.15) is 4.21 Å². The summed E-state index contributed by atoms with van der Waals surface area (Å²) in [4.78, 5) is 5.16. The second-order valence-electron chi connectivity index (χ2n) is 5.00. The number of sulfonamides is 1. The van der Waals surface area contributed by atoms with Crippen LogP contribution in [0.1, 0.15) is 23.4 Å². The summed E-state index contributed by atoms with van der Waals surface area (Å²) in [7, 11) is -3.43. The Morgan fingerprint density at radius 1 is 1.33 bits per heavy atom. The average molecular weight is 343 g/mol. The molecule has 1 fully saturated rings. The van der Waals surface area contributed by atoms with Gasteiger partial charge in [-0.1, -0.05) is 0 Å². The molecule has 1 aliphatic carbocycles. The number of rotatable bonds is 8. The first-order chi connectivity index (χ1) is 10.1. The summed E-state index contributed by atoms with van der Waals surface area (Å²) in [6, 6.07) is 4.27. The van der Waals surface area contributed by atoms with Crippen LogP contribution in [0.15, 0.2) is 27.2 Å². The van der Waals surface area contributed by atoms with Gasteiger partial charge in [0.05, 0.1) is 17.7 Å². The second-order valence-corrected chi connectivity index (χ2v) is 8.88. The third-order valence-corrected chi connectivity index (χ3v) is 6.88. The number of aromatic nitrogens is 1. The average Bonchev–Trinajstić information content (AvgIpc) is 2.94. The summed E-state index contributed by atoms with van der Waals surface area (Å²) >= 11 is 2.80. The summed E-state index contributed by atoms with van der Waals surface area (Å²) < 4.78 is 27.3. The Hall–Kier alpha value is -0.800. The Labute approximate surface area is 132 Å². The van der Waals surface area contributed by atoms with Crippen molar-refractivity contribution in [1.29, 1.82) is 0 Å². The molecule has 5 nitrogen and oxygen atoms in total. The van der Waals surface area contributed by atoms with Gasteiger partial charge in [0.25, 0.3) is 0 Å². The van der Waals surface area contributed by atoms with Crippen molar-refractivity contribution in [3.8, 4) is 0 Å². The molecular formula is C13H17N3O2S3. The molecule has 1 aliphatic rings. The third-order valence-electron chi connectivity index (χ3n) is 3.21. The van der Waals surface area contributed by atoms with E-state index >= 15 is 0 Å². The lowest BCUT2D eigenvalue weighted by molar-refractivity contribution is 0.583. The second kappa shape index (κ2) is 6.53. The van der Waals surface area contributed by atoms with Gasteiger partial charge in [0, 0.05) is 22.8 Å². The Kier molecular flexibility index (Phi) is 4.70. The minimum atomic E-state index is -3.43. The molecule has 8 heteroatoms. The molecule has 1 saturated carbocycles. The van der Waals surface area contributed by atoms with Crippen LogP contribution in [-0.4, -0.2) is 26.0 Å². The molecule has 3 rings (SSSR count). The molecule has 114 valence electrons. The molecule has 0 unspecified atom stereocenters. The lowest BCUT2D eigenvalue weighted by Crippen LogP contribution is -2.22. The van der Waals surface area contributed by atoms with E-state index in [4.69, 9.17) is 0 Å². The Morgan fingerprint density at radius 2 is 2.19 bits per heavy atom. The molecule has 0 spiro atoms. The molecule has 2 N–H and O–H groups in total. The van der Waals surface area contributed by atoms with Crippen LogP contribution in [0.4, 0.5) is 0 Å². The molecule has 2 heterocycles. The van der Waals surface area contributed by atoms with Crippen LogP contribution in [-0.2, 0) is 23.0 Å². The van der Waals surface area contributed by atoms with Crippen LogP contribution >= 0.6 is 22.7 Å². The van der Waals surface area contributed by atoms with Crippen LogP contribution in [0.25, 0.3) is 0 Å². The van der Waals surface area contributed by atoms with E-state index in [9.17, 15) is 8.42 Å². The monoisotopic (exact) mass is 343 g/mol. The molecule has 0 amide bonds. The van der Waals surface area contributed by atoms with Gasteiger partial charge in [0.2, 0.25) is 10.0 Å². The summed E-state index contributed by atoms with van der Waals surface area (Å²) in [5.41, 5.74) is 2.44. The normalized spacial score (nSPS) is 15.4. The maximum absolute atomic E-state index is 12.2. The van der Waals surface area contributed by atoms with Gasteiger partial charge in [-0.25, -0.2) is 18.1 Å². The predicted molar refractivity (Wildman–Crippen MR) is 85.2 cm³/mol. The van der Waals surface area contributed by atoms with Crippen LogP contribution < -0.4 is 10.0 Å². The van der Waals surface area contributed by atoms with Gasteiger partial charge in [0.15, 0.2) is 0 Å². The Bertz CT molecular complexity index is 675. The standard InChI is InChI=1S/C13H17N3O2S3/c17-21(18,16-7-11-8-19-9-15-11)13-4-3-12(20-13)5-6-14-10-1-2-10/h3-4,8-10,14,16H,1-2,5-7H2. The van der Waals surface area contributed by atoms with Crippen molar-refractivity contribution in [2.45, 2.75) is 36.1 Å². The van der Waals surface area contributed by atoms with Crippen LogP contribution in [0.2, 0.25) is 0 Å². The zero-order chi connectivity index (χ0) is 14.7. The van der Waals surface area contributed by atoms with Crippen molar-refractivity contribution in [2.75, 3.05) is 6.54 Å².